The van der Waals surface area contributed by atoms with Crippen LogP contribution in [-0.4, -0.2) is 6.54 Å². The zero-order valence-corrected chi connectivity index (χ0v) is 12.8. The number of nitrogens with two attached hydrogens (primary N) is 1. The minimum absolute atomic E-state index is 0. The second kappa shape index (κ2) is 7.00. The van der Waals surface area contributed by atoms with Crippen molar-refractivity contribution in [3.8, 4) is 0 Å². The summed E-state index contributed by atoms with van der Waals surface area (Å²) >= 11 is 12.1. The van der Waals surface area contributed by atoms with Gasteiger partial charge in [-0.25, -0.2) is 0 Å². The summed E-state index contributed by atoms with van der Waals surface area (Å²) in [6.45, 7) is 0.789. The first-order valence-electron chi connectivity index (χ1n) is 6.33. The summed E-state index contributed by atoms with van der Waals surface area (Å²) in [5, 5.41) is 1.32. The van der Waals surface area contributed by atoms with Crippen molar-refractivity contribution < 1.29 is 0 Å². The highest BCUT2D eigenvalue weighted by Gasteiger charge is 2.37. The van der Waals surface area contributed by atoms with Gasteiger partial charge >= 0.3 is 0 Å². The molecule has 1 aliphatic rings. The lowest BCUT2D eigenvalue weighted by molar-refractivity contribution is 0.219. The van der Waals surface area contributed by atoms with E-state index in [2.05, 4.69) is 6.07 Å². The lowest BCUT2D eigenvalue weighted by Crippen LogP contribution is -2.34. The average molecular weight is 309 g/mol. The molecule has 0 spiro atoms. The van der Waals surface area contributed by atoms with Gasteiger partial charge in [-0.05, 0) is 55.3 Å². The molecule has 0 heterocycles. The number of hydrogen-bond acceptors (Lipinski definition) is 1. The Morgan fingerprint density at radius 1 is 1.11 bits per heavy atom. The van der Waals surface area contributed by atoms with Crippen molar-refractivity contribution in [2.75, 3.05) is 6.54 Å². The molecule has 1 aromatic carbocycles. The first-order valence-corrected chi connectivity index (χ1v) is 7.09. The second-order valence-electron chi connectivity index (χ2n) is 5.01. The molecular formula is C14H20Cl3N. The maximum absolute atomic E-state index is 6.11. The van der Waals surface area contributed by atoms with Crippen molar-refractivity contribution in [3.63, 3.8) is 0 Å². The maximum Gasteiger partial charge on any atom is 0.0595 e. The van der Waals surface area contributed by atoms with Crippen molar-refractivity contribution in [2.24, 2.45) is 5.73 Å². The third kappa shape index (κ3) is 3.33. The molecule has 0 radical (unpaired) electrons. The monoisotopic (exact) mass is 307 g/mol. The highest BCUT2D eigenvalue weighted by atomic mass is 35.5. The van der Waals surface area contributed by atoms with E-state index in [0.29, 0.717) is 15.5 Å². The molecule has 0 saturated heterocycles. The van der Waals surface area contributed by atoms with Gasteiger partial charge in [0, 0.05) is 0 Å². The van der Waals surface area contributed by atoms with Crippen molar-refractivity contribution in [1.82, 2.24) is 0 Å². The minimum Gasteiger partial charge on any atom is -0.330 e. The summed E-state index contributed by atoms with van der Waals surface area (Å²) in [4.78, 5) is 0. The first-order chi connectivity index (χ1) is 8.18. The van der Waals surface area contributed by atoms with E-state index in [1.54, 1.807) is 0 Å². The number of hydrogen-bond donors (Lipinski definition) is 1. The Balaban J connectivity index is 0.00000162. The molecule has 1 aliphatic carbocycles. The third-order valence-corrected chi connectivity index (χ3v) is 4.69. The summed E-state index contributed by atoms with van der Waals surface area (Å²) in [6.07, 6.45) is 7.41. The molecule has 2 N–H and O–H groups in total. The van der Waals surface area contributed by atoms with E-state index >= 15 is 0 Å². The van der Waals surface area contributed by atoms with E-state index in [0.717, 1.165) is 13.0 Å². The number of unbranched alkanes of at least 4 members (excludes halogenated alkanes) is 1. The predicted molar refractivity (Wildman–Crippen MR) is 82.1 cm³/mol. The summed E-state index contributed by atoms with van der Waals surface area (Å²) in [5.74, 6) is 0. The molecule has 4 heteroatoms. The molecule has 102 valence electrons. The van der Waals surface area contributed by atoms with Crippen LogP contribution >= 0.6 is 35.6 Å². The van der Waals surface area contributed by atoms with E-state index < -0.39 is 0 Å². The topological polar surface area (TPSA) is 26.0 Å². The van der Waals surface area contributed by atoms with Gasteiger partial charge in [0.05, 0.1) is 10.0 Å². The van der Waals surface area contributed by atoms with Crippen LogP contribution < -0.4 is 5.73 Å². The van der Waals surface area contributed by atoms with Crippen LogP contribution in [0, 0.1) is 0 Å². The molecule has 0 aliphatic heterocycles. The Hall–Kier alpha value is 0.0500. The molecule has 0 amide bonds. The number of benzene rings is 1. The lowest BCUT2D eigenvalue weighted by atomic mass is 9.62. The van der Waals surface area contributed by atoms with Gasteiger partial charge in [-0.1, -0.05) is 42.1 Å². The van der Waals surface area contributed by atoms with Gasteiger partial charge < -0.3 is 5.73 Å². The lowest BCUT2D eigenvalue weighted by Gasteiger charge is -2.43. The SMILES string of the molecule is Cl.NCCCCC1(c2ccc(Cl)c(Cl)c2)CCC1. The highest BCUT2D eigenvalue weighted by molar-refractivity contribution is 6.42. The van der Waals surface area contributed by atoms with Gasteiger partial charge in [0.1, 0.15) is 0 Å². The fourth-order valence-corrected chi connectivity index (χ4v) is 3.02. The summed E-state index contributed by atoms with van der Waals surface area (Å²) in [7, 11) is 0. The molecule has 0 unspecified atom stereocenters. The molecule has 0 aromatic heterocycles. The normalized spacial score (nSPS) is 16.8. The van der Waals surface area contributed by atoms with E-state index in [1.165, 1.54) is 37.7 Å². The van der Waals surface area contributed by atoms with Crippen LogP contribution in [0.1, 0.15) is 44.1 Å². The Morgan fingerprint density at radius 2 is 1.83 bits per heavy atom. The molecule has 0 atom stereocenters. The third-order valence-electron chi connectivity index (χ3n) is 3.95. The van der Waals surface area contributed by atoms with Crippen molar-refractivity contribution in [2.45, 2.75) is 43.9 Å². The Kier molecular flexibility index (Phi) is 6.26. The molecule has 1 nitrogen and oxygen atoms in total. The standard InChI is InChI=1S/C14H19Cl2N.ClH/c15-12-5-4-11(10-13(12)16)14(7-3-8-14)6-1-2-9-17;/h4-5,10H,1-3,6-9,17H2;1H. The zero-order chi connectivity index (χ0) is 12.3. The molecule has 18 heavy (non-hydrogen) atoms. The van der Waals surface area contributed by atoms with Crippen LogP contribution in [0.3, 0.4) is 0 Å². The van der Waals surface area contributed by atoms with Crippen LogP contribution in [0.4, 0.5) is 0 Å². The van der Waals surface area contributed by atoms with E-state index in [-0.39, 0.29) is 12.4 Å². The van der Waals surface area contributed by atoms with Crippen molar-refractivity contribution >= 4 is 35.6 Å². The minimum atomic E-state index is 0. The number of rotatable bonds is 5. The van der Waals surface area contributed by atoms with Crippen molar-refractivity contribution in [3.05, 3.63) is 33.8 Å². The van der Waals surface area contributed by atoms with Gasteiger partial charge in [0.25, 0.3) is 0 Å². The highest BCUT2D eigenvalue weighted by Crippen LogP contribution is 2.48. The van der Waals surface area contributed by atoms with Crippen LogP contribution in [0.15, 0.2) is 18.2 Å². The van der Waals surface area contributed by atoms with Gasteiger partial charge in [0.2, 0.25) is 0 Å². The molecular weight excluding hydrogens is 289 g/mol. The molecule has 1 fully saturated rings. The van der Waals surface area contributed by atoms with E-state index in [9.17, 15) is 0 Å². The Morgan fingerprint density at radius 3 is 2.33 bits per heavy atom. The Labute approximate surface area is 125 Å². The maximum atomic E-state index is 6.11. The molecule has 2 rings (SSSR count). The second-order valence-corrected chi connectivity index (χ2v) is 5.82. The number of halogens is 3. The van der Waals surface area contributed by atoms with E-state index in [4.69, 9.17) is 28.9 Å². The summed E-state index contributed by atoms with van der Waals surface area (Å²) in [6, 6.07) is 6.10. The first kappa shape index (κ1) is 16.1. The van der Waals surface area contributed by atoms with Gasteiger partial charge in [0.15, 0.2) is 0 Å². The smallest absolute Gasteiger partial charge is 0.0595 e. The Bertz CT molecular complexity index is 389. The quantitative estimate of drug-likeness (QED) is 0.764. The molecule has 0 bridgehead atoms. The van der Waals surface area contributed by atoms with Crippen LogP contribution in [0.5, 0.6) is 0 Å². The van der Waals surface area contributed by atoms with Crippen LogP contribution in [0.2, 0.25) is 10.0 Å². The van der Waals surface area contributed by atoms with Crippen LogP contribution in [0.25, 0.3) is 0 Å². The average Bonchev–Trinajstić information content (AvgIpc) is 2.26. The summed E-state index contributed by atoms with van der Waals surface area (Å²) < 4.78 is 0. The predicted octanol–water partition coefficient (Wildman–Crippen LogP) is 4.97. The van der Waals surface area contributed by atoms with Gasteiger partial charge in [-0.3, -0.25) is 0 Å². The van der Waals surface area contributed by atoms with Gasteiger partial charge in [-0.2, -0.15) is 0 Å². The fraction of sp³-hybridized carbons (Fsp3) is 0.571. The fourth-order valence-electron chi connectivity index (χ4n) is 2.72. The van der Waals surface area contributed by atoms with Gasteiger partial charge in [-0.15, -0.1) is 12.4 Å². The largest absolute Gasteiger partial charge is 0.330 e. The molecule has 1 aromatic rings. The molecule has 1 saturated carbocycles. The summed E-state index contributed by atoms with van der Waals surface area (Å²) in [5.41, 5.74) is 7.27. The zero-order valence-electron chi connectivity index (χ0n) is 10.4. The van der Waals surface area contributed by atoms with Crippen LogP contribution in [-0.2, 0) is 5.41 Å². The van der Waals surface area contributed by atoms with Crippen molar-refractivity contribution in [1.29, 1.82) is 0 Å². The van der Waals surface area contributed by atoms with E-state index in [1.807, 2.05) is 12.1 Å².